The van der Waals surface area contributed by atoms with Crippen LogP contribution in [0.3, 0.4) is 0 Å². The van der Waals surface area contributed by atoms with Gasteiger partial charge in [-0.15, -0.1) is 11.8 Å². The first-order chi connectivity index (χ1) is 9.58. The molecule has 1 aliphatic heterocycles. The molecule has 1 aliphatic rings. The zero-order valence-electron chi connectivity index (χ0n) is 11.8. The molecule has 0 saturated carbocycles. The van der Waals surface area contributed by atoms with Crippen LogP contribution in [0.15, 0.2) is 30.3 Å². The molecule has 0 unspecified atom stereocenters. The van der Waals surface area contributed by atoms with E-state index in [-0.39, 0.29) is 24.4 Å². The van der Waals surface area contributed by atoms with Crippen molar-refractivity contribution in [1.82, 2.24) is 10.2 Å². The average Bonchev–Trinajstić information content (AvgIpc) is 2.82. The SMILES string of the molecule is CC(C)[C@@H](NC(=O)CN1CSCC1=O)c1ccccc1. The van der Waals surface area contributed by atoms with Crippen LogP contribution in [-0.2, 0) is 9.59 Å². The first-order valence-electron chi connectivity index (χ1n) is 6.77. The van der Waals surface area contributed by atoms with Gasteiger partial charge in [0.2, 0.25) is 11.8 Å². The van der Waals surface area contributed by atoms with Crippen LogP contribution < -0.4 is 5.32 Å². The summed E-state index contributed by atoms with van der Waals surface area (Å²) in [5, 5.41) is 3.04. The summed E-state index contributed by atoms with van der Waals surface area (Å²) in [6.45, 7) is 4.31. The molecule has 1 atom stereocenters. The van der Waals surface area contributed by atoms with Crippen molar-refractivity contribution in [2.24, 2.45) is 5.92 Å². The second-order valence-electron chi connectivity index (χ2n) is 5.27. The summed E-state index contributed by atoms with van der Waals surface area (Å²) in [5.41, 5.74) is 1.10. The molecular formula is C15H20N2O2S. The van der Waals surface area contributed by atoms with Gasteiger partial charge in [-0.25, -0.2) is 0 Å². The number of hydrogen-bond acceptors (Lipinski definition) is 3. The topological polar surface area (TPSA) is 49.4 Å². The van der Waals surface area contributed by atoms with E-state index >= 15 is 0 Å². The Balaban J connectivity index is 1.98. The number of rotatable bonds is 5. The minimum atomic E-state index is -0.0941. The number of amides is 2. The Morgan fingerprint density at radius 2 is 2.05 bits per heavy atom. The largest absolute Gasteiger partial charge is 0.347 e. The van der Waals surface area contributed by atoms with Gasteiger partial charge in [0.15, 0.2) is 0 Å². The standard InChI is InChI=1S/C15H20N2O2S/c1-11(2)15(12-6-4-3-5-7-12)16-13(18)8-17-10-20-9-14(17)19/h3-7,11,15H,8-10H2,1-2H3,(H,16,18)/t15-/m1/s1. The van der Waals surface area contributed by atoms with Gasteiger partial charge in [-0.1, -0.05) is 44.2 Å². The molecule has 1 heterocycles. The van der Waals surface area contributed by atoms with Crippen molar-refractivity contribution in [3.05, 3.63) is 35.9 Å². The Morgan fingerprint density at radius 3 is 2.60 bits per heavy atom. The number of thioether (sulfide) groups is 1. The van der Waals surface area contributed by atoms with Crippen molar-refractivity contribution in [2.75, 3.05) is 18.2 Å². The number of nitrogens with zero attached hydrogens (tertiary/aromatic N) is 1. The van der Waals surface area contributed by atoms with Crippen LogP contribution in [0, 0.1) is 5.92 Å². The Morgan fingerprint density at radius 1 is 1.35 bits per heavy atom. The third kappa shape index (κ3) is 3.76. The average molecular weight is 292 g/mol. The number of hydrogen-bond donors (Lipinski definition) is 1. The molecule has 1 aromatic rings. The molecule has 0 spiro atoms. The predicted octanol–water partition coefficient (Wildman–Crippen LogP) is 2.03. The van der Waals surface area contributed by atoms with Crippen LogP contribution in [0.5, 0.6) is 0 Å². The molecule has 0 aliphatic carbocycles. The summed E-state index contributed by atoms with van der Waals surface area (Å²) in [6.07, 6.45) is 0. The van der Waals surface area contributed by atoms with Gasteiger partial charge in [0.05, 0.1) is 17.7 Å². The number of carbonyl (C=O) groups excluding carboxylic acids is 2. The van der Waals surface area contributed by atoms with E-state index in [4.69, 9.17) is 0 Å². The lowest BCUT2D eigenvalue weighted by atomic mass is 9.96. The predicted molar refractivity (Wildman–Crippen MR) is 81.2 cm³/mol. The summed E-state index contributed by atoms with van der Waals surface area (Å²) < 4.78 is 0. The Hall–Kier alpha value is -1.49. The van der Waals surface area contributed by atoms with Crippen LogP contribution >= 0.6 is 11.8 Å². The Labute approximate surface area is 123 Å². The zero-order chi connectivity index (χ0) is 14.5. The third-order valence-corrected chi connectivity index (χ3v) is 4.25. The van der Waals surface area contributed by atoms with E-state index in [0.29, 0.717) is 17.5 Å². The van der Waals surface area contributed by atoms with Crippen LogP contribution in [0.2, 0.25) is 0 Å². The van der Waals surface area contributed by atoms with E-state index in [1.807, 2.05) is 30.3 Å². The quantitative estimate of drug-likeness (QED) is 0.903. The van der Waals surface area contributed by atoms with Gasteiger partial charge in [0, 0.05) is 0 Å². The van der Waals surface area contributed by atoms with Crippen molar-refractivity contribution in [1.29, 1.82) is 0 Å². The molecule has 2 rings (SSSR count). The van der Waals surface area contributed by atoms with E-state index < -0.39 is 0 Å². The van der Waals surface area contributed by atoms with Crippen molar-refractivity contribution < 1.29 is 9.59 Å². The number of carbonyl (C=O) groups is 2. The molecule has 1 aromatic carbocycles. The lowest BCUT2D eigenvalue weighted by molar-refractivity contribution is -0.132. The van der Waals surface area contributed by atoms with Crippen molar-refractivity contribution in [2.45, 2.75) is 19.9 Å². The van der Waals surface area contributed by atoms with Gasteiger partial charge in [-0.2, -0.15) is 0 Å². The maximum absolute atomic E-state index is 12.1. The van der Waals surface area contributed by atoms with Gasteiger partial charge >= 0.3 is 0 Å². The van der Waals surface area contributed by atoms with Crippen LogP contribution in [-0.4, -0.2) is 34.9 Å². The molecule has 20 heavy (non-hydrogen) atoms. The molecule has 5 heteroatoms. The van der Waals surface area contributed by atoms with E-state index in [9.17, 15) is 9.59 Å². The van der Waals surface area contributed by atoms with Crippen LogP contribution in [0.4, 0.5) is 0 Å². The summed E-state index contributed by atoms with van der Waals surface area (Å²) in [4.78, 5) is 25.2. The lowest BCUT2D eigenvalue weighted by Gasteiger charge is -2.24. The fourth-order valence-electron chi connectivity index (χ4n) is 2.23. The number of nitrogens with one attached hydrogen (secondary N) is 1. The highest BCUT2D eigenvalue weighted by Gasteiger charge is 2.25. The molecule has 4 nitrogen and oxygen atoms in total. The number of benzene rings is 1. The molecule has 1 fully saturated rings. The minimum Gasteiger partial charge on any atom is -0.347 e. The molecule has 1 N–H and O–H groups in total. The van der Waals surface area contributed by atoms with Crippen molar-refractivity contribution in [3.8, 4) is 0 Å². The van der Waals surface area contributed by atoms with Gasteiger partial charge in [0.1, 0.15) is 6.54 Å². The molecule has 0 bridgehead atoms. The molecule has 1 saturated heterocycles. The minimum absolute atomic E-state index is 0.0194. The third-order valence-electron chi connectivity index (χ3n) is 3.30. The Bertz CT molecular complexity index is 476. The summed E-state index contributed by atoms with van der Waals surface area (Å²) in [6, 6.07) is 9.91. The molecule has 108 valence electrons. The van der Waals surface area contributed by atoms with E-state index in [1.165, 1.54) is 0 Å². The second-order valence-corrected chi connectivity index (χ2v) is 6.22. The highest BCUT2D eigenvalue weighted by atomic mass is 32.2. The van der Waals surface area contributed by atoms with Crippen LogP contribution in [0.1, 0.15) is 25.5 Å². The van der Waals surface area contributed by atoms with Gasteiger partial charge in [-0.05, 0) is 11.5 Å². The van der Waals surface area contributed by atoms with E-state index in [2.05, 4.69) is 19.2 Å². The maximum atomic E-state index is 12.1. The smallest absolute Gasteiger partial charge is 0.240 e. The lowest BCUT2D eigenvalue weighted by Crippen LogP contribution is -2.40. The normalized spacial score (nSPS) is 16.6. The first-order valence-corrected chi connectivity index (χ1v) is 7.93. The monoisotopic (exact) mass is 292 g/mol. The van der Waals surface area contributed by atoms with E-state index in [0.717, 1.165) is 5.56 Å². The highest BCUT2D eigenvalue weighted by molar-refractivity contribution is 8.00. The van der Waals surface area contributed by atoms with Crippen molar-refractivity contribution >= 4 is 23.6 Å². The summed E-state index contributed by atoms with van der Waals surface area (Å²) in [7, 11) is 0. The Kier molecular flexibility index (Phi) is 5.06. The molecule has 0 aromatic heterocycles. The fourth-order valence-corrected chi connectivity index (χ4v) is 3.13. The van der Waals surface area contributed by atoms with Crippen molar-refractivity contribution in [3.63, 3.8) is 0 Å². The van der Waals surface area contributed by atoms with E-state index in [1.54, 1.807) is 16.7 Å². The molecule has 2 amide bonds. The highest BCUT2D eigenvalue weighted by Crippen LogP contribution is 2.21. The molecular weight excluding hydrogens is 272 g/mol. The van der Waals surface area contributed by atoms with Gasteiger partial charge in [-0.3, -0.25) is 9.59 Å². The van der Waals surface area contributed by atoms with Gasteiger partial charge < -0.3 is 10.2 Å². The van der Waals surface area contributed by atoms with Crippen LogP contribution in [0.25, 0.3) is 0 Å². The van der Waals surface area contributed by atoms with Gasteiger partial charge in [0.25, 0.3) is 0 Å². The summed E-state index contributed by atoms with van der Waals surface area (Å²) >= 11 is 1.55. The second kappa shape index (κ2) is 6.79. The maximum Gasteiger partial charge on any atom is 0.240 e. The zero-order valence-corrected chi connectivity index (χ0v) is 12.7. The fraction of sp³-hybridized carbons (Fsp3) is 0.467. The summed E-state index contributed by atoms with van der Waals surface area (Å²) in [5.74, 6) is 1.35. The molecule has 0 radical (unpaired) electrons. The first kappa shape index (κ1) is 14.9.